The van der Waals surface area contributed by atoms with Crippen LogP contribution >= 0.6 is 0 Å². The van der Waals surface area contributed by atoms with Gasteiger partial charge >= 0.3 is 0 Å². The van der Waals surface area contributed by atoms with Gasteiger partial charge in [0.15, 0.2) is 0 Å². The summed E-state index contributed by atoms with van der Waals surface area (Å²) < 4.78 is 0. The van der Waals surface area contributed by atoms with E-state index in [9.17, 15) is 0 Å². The lowest BCUT2D eigenvalue weighted by molar-refractivity contribution is 0.857. The number of hydrogen-bond acceptors (Lipinski definition) is 1. The molecule has 0 spiro atoms. The summed E-state index contributed by atoms with van der Waals surface area (Å²) in [6.07, 6.45) is 6.69. The Kier molecular flexibility index (Phi) is 4.83. The van der Waals surface area contributed by atoms with Gasteiger partial charge in [-0.25, -0.2) is 0 Å². The van der Waals surface area contributed by atoms with Crippen LogP contribution in [0, 0.1) is 0 Å². The van der Waals surface area contributed by atoms with Crippen LogP contribution in [0.4, 0.5) is 0 Å². The quantitative estimate of drug-likeness (QED) is 0.398. The molecule has 1 aliphatic carbocycles. The average molecular weight is 377 g/mol. The van der Waals surface area contributed by atoms with Gasteiger partial charge in [0.25, 0.3) is 0 Å². The molecule has 2 nitrogen and oxygen atoms in total. The van der Waals surface area contributed by atoms with Crippen LogP contribution in [-0.4, -0.2) is 10.2 Å². The van der Waals surface area contributed by atoms with Crippen molar-refractivity contribution in [1.29, 1.82) is 0 Å². The fraction of sp³-hybridized carbons (Fsp3) is 0.148. The Morgan fingerprint density at radius 3 is 2.21 bits per heavy atom. The van der Waals surface area contributed by atoms with Crippen LogP contribution < -0.4 is 0 Å². The van der Waals surface area contributed by atoms with Crippen LogP contribution in [0.15, 0.2) is 91.0 Å². The topological polar surface area (TPSA) is 28.7 Å². The molecular formula is C27H24N2. The molecule has 2 heteroatoms. The molecule has 0 fully saturated rings. The number of H-pyrrole nitrogens is 1. The summed E-state index contributed by atoms with van der Waals surface area (Å²) in [7, 11) is 0. The number of fused-ring (bicyclic) bond motifs is 1. The Labute approximate surface area is 171 Å². The van der Waals surface area contributed by atoms with E-state index < -0.39 is 0 Å². The first-order valence-electron chi connectivity index (χ1n) is 10.4. The second-order valence-electron chi connectivity index (χ2n) is 7.60. The van der Waals surface area contributed by atoms with E-state index >= 15 is 0 Å². The summed E-state index contributed by atoms with van der Waals surface area (Å²) in [5, 5.41) is 8.03. The van der Waals surface area contributed by atoms with E-state index in [2.05, 4.69) is 96.1 Å². The molecule has 29 heavy (non-hydrogen) atoms. The Morgan fingerprint density at radius 2 is 1.41 bits per heavy atom. The average Bonchev–Trinajstić information content (AvgIpc) is 3.40. The zero-order chi connectivity index (χ0) is 19.5. The molecule has 0 saturated carbocycles. The monoisotopic (exact) mass is 376 g/mol. The predicted octanol–water partition coefficient (Wildman–Crippen LogP) is 6.71. The molecule has 1 N–H and O–H groups in total. The van der Waals surface area contributed by atoms with Gasteiger partial charge in [0.2, 0.25) is 0 Å². The summed E-state index contributed by atoms with van der Waals surface area (Å²) in [6.45, 7) is 0. The largest absolute Gasteiger partial charge is 0.277 e. The molecule has 0 bridgehead atoms. The zero-order valence-electron chi connectivity index (χ0n) is 16.4. The molecule has 0 unspecified atom stereocenters. The molecule has 1 heterocycles. The third-order valence-electron chi connectivity index (χ3n) is 5.78. The molecule has 1 aromatic heterocycles. The number of rotatable bonds is 6. The first kappa shape index (κ1) is 17.7. The van der Waals surface area contributed by atoms with E-state index in [4.69, 9.17) is 5.10 Å². The molecule has 1 aliphatic rings. The highest BCUT2D eigenvalue weighted by Gasteiger charge is 2.17. The molecule has 0 saturated heterocycles. The summed E-state index contributed by atoms with van der Waals surface area (Å²) in [6, 6.07) is 29.8. The van der Waals surface area contributed by atoms with E-state index in [1.54, 1.807) is 0 Å². The third-order valence-corrected chi connectivity index (χ3v) is 5.78. The first-order chi connectivity index (χ1) is 14.4. The molecule has 5 rings (SSSR count). The minimum absolute atomic E-state index is 1.00. The SMILES string of the molecule is C1=C(CCCc2c(-c3ccccc3)n[nH]c2-c2ccccc2)c2ccccc2C1. The van der Waals surface area contributed by atoms with Gasteiger partial charge in [0.05, 0.1) is 11.4 Å². The number of benzene rings is 3. The van der Waals surface area contributed by atoms with Crippen molar-refractivity contribution in [2.75, 3.05) is 0 Å². The molecule has 3 aromatic carbocycles. The molecule has 0 radical (unpaired) electrons. The van der Waals surface area contributed by atoms with Crippen molar-refractivity contribution < 1.29 is 0 Å². The minimum atomic E-state index is 1.00. The van der Waals surface area contributed by atoms with Crippen molar-refractivity contribution in [3.8, 4) is 22.5 Å². The van der Waals surface area contributed by atoms with Gasteiger partial charge in [-0.15, -0.1) is 0 Å². The fourth-order valence-corrected chi connectivity index (χ4v) is 4.33. The number of aromatic amines is 1. The summed E-state index contributed by atoms with van der Waals surface area (Å²) in [5.74, 6) is 0. The van der Waals surface area contributed by atoms with E-state index in [-0.39, 0.29) is 0 Å². The second kappa shape index (κ2) is 7.92. The van der Waals surface area contributed by atoms with Crippen LogP contribution in [-0.2, 0) is 12.8 Å². The highest BCUT2D eigenvalue weighted by Crippen LogP contribution is 2.34. The highest BCUT2D eigenvalue weighted by molar-refractivity contribution is 5.75. The summed E-state index contributed by atoms with van der Waals surface area (Å²) in [4.78, 5) is 0. The van der Waals surface area contributed by atoms with Crippen molar-refractivity contribution in [2.24, 2.45) is 0 Å². The second-order valence-corrected chi connectivity index (χ2v) is 7.60. The molecular weight excluding hydrogens is 352 g/mol. The molecule has 0 aliphatic heterocycles. The van der Waals surface area contributed by atoms with Crippen LogP contribution in [0.2, 0.25) is 0 Å². The smallest absolute Gasteiger partial charge is 0.0959 e. The number of aromatic nitrogens is 2. The van der Waals surface area contributed by atoms with Gasteiger partial charge in [-0.05, 0) is 47.9 Å². The lowest BCUT2D eigenvalue weighted by Crippen LogP contribution is -1.92. The van der Waals surface area contributed by atoms with Crippen LogP contribution in [0.1, 0.15) is 29.5 Å². The fourth-order valence-electron chi connectivity index (χ4n) is 4.33. The molecule has 0 atom stereocenters. The maximum Gasteiger partial charge on any atom is 0.0959 e. The van der Waals surface area contributed by atoms with Gasteiger partial charge in [-0.1, -0.05) is 91.0 Å². The van der Waals surface area contributed by atoms with Crippen molar-refractivity contribution in [3.05, 3.63) is 108 Å². The van der Waals surface area contributed by atoms with Crippen LogP contribution in [0.25, 0.3) is 28.1 Å². The Morgan fingerprint density at radius 1 is 0.724 bits per heavy atom. The van der Waals surface area contributed by atoms with Gasteiger partial charge in [0, 0.05) is 11.1 Å². The van der Waals surface area contributed by atoms with Gasteiger partial charge < -0.3 is 0 Å². The Bertz CT molecular complexity index is 1080. The highest BCUT2D eigenvalue weighted by atomic mass is 15.1. The third kappa shape index (κ3) is 3.54. The maximum absolute atomic E-state index is 4.71. The minimum Gasteiger partial charge on any atom is -0.277 e. The van der Waals surface area contributed by atoms with E-state index in [0.29, 0.717) is 0 Å². The number of nitrogens with zero attached hydrogens (tertiary/aromatic N) is 1. The number of nitrogens with one attached hydrogen (secondary N) is 1. The Balaban J connectivity index is 1.42. The Hall–Kier alpha value is -3.39. The summed E-state index contributed by atoms with van der Waals surface area (Å²) >= 11 is 0. The lowest BCUT2D eigenvalue weighted by Gasteiger charge is -2.09. The maximum atomic E-state index is 4.71. The van der Waals surface area contributed by atoms with Crippen molar-refractivity contribution in [3.63, 3.8) is 0 Å². The van der Waals surface area contributed by atoms with E-state index in [0.717, 1.165) is 37.1 Å². The standard InChI is InChI=1S/C27H24N2/c1-3-11-22(12-4-1)26-25(27(29-28-26)23-13-5-2-6-14-23)17-9-15-21-19-18-20-10-7-8-16-24(20)21/h1-8,10-14,16,19H,9,15,17-18H2,(H,28,29). The van der Waals surface area contributed by atoms with Crippen molar-refractivity contribution in [2.45, 2.75) is 25.7 Å². The van der Waals surface area contributed by atoms with Crippen LogP contribution in [0.3, 0.4) is 0 Å². The summed E-state index contributed by atoms with van der Waals surface area (Å²) in [5.41, 5.74) is 10.3. The lowest BCUT2D eigenvalue weighted by atomic mass is 9.95. The van der Waals surface area contributed by atoms with Crippen molar-refractivity contribution >= 4 is 5.57 Å². The van der Waals surface area contributed by atoms with Crippen molar-refractivity contribution in [1.82, 2.24) is 10.2 Å². The van der Waals surface area contributed by atoms with E-state index in [1.165, 1.54) is 33.4 Å². The van der Waals surface area contributed by atoms with Gasteiger partial charge in [0.1, 0.15) is 0 Å². The predicted molar refractivity (Wildman–Crippen MR) is 121 cm³/mol. The van der Waals surface area contributed by atoms with Gasteiger partial charge in [-0.2, -0.15) is 5.10 Å². The first-order valence-corrected chi connectivity index (χ1v) is 10.4. The molecule has 0 amide bonds. The van der Waals surface area contributed by atoms with E-state index in [1.807, 2.05) is 0 Å². The number of hydrogen-bond donors (Lipinski definition) is 1. The van der Waals surface area contributed by atoms with Crippen LogP contribution in [0.5, 0.6) is 0 Å². The molecule has 4 aromatic rings. The normalized spacial score (nSPS) is 12.6. The molecule has 142 valence electrons. The number of allylic oxidation sites excluding steroid dienone is 2. The zero-order valence-corrected chi connectivity index (χ0v) is 16.4. The van der Waals surface area contributed by atoms with Gasteiger partial charge in [-0.3, -0.25) is 5.10 Å².